The average molecular weight is 263 g/mol. The van der Waals surface area contributed by atoms with Crippen LogP contribution in [-0.4, -0.2) is 29.0 Å². The molecule has 0 aliphatic heterocycles. The number of aromatic nitrogens is 2. The number of hydrogen-bond donors (Lipinski definition) is 1. The van der Waals surface area contributed by atoms with Crippen LogP contribution in [0.4, 0.5) is 0 Å². The van der Waals surface area contributed by atoms with Crippen molar-refractivity contribution in [2.45, 2.75) is 26.7 Å². The molecule has 0 aromatic carbocycles. The first kappa shape index (κ1) is 15.1. The summed E-state index contributed by atoms with van der Waals surface area (Å²) in [6, 6.07) is 2.10. The van der Waals surface area contributed by atoms with E-state index in [-0.39, 0.29) is 11.8 Å². The Balaban J connectivity index is 2.10. The van der Waals surface area contributed by atoms with Gasteiger partial charge in [-0.25, -0.2) is 9.97 Å². The van der Waals surface area contributed by atoms with Gasteiger partial charge in [-0.2, -0.15) is 0 Å². The standard InChI is InChI=1S/C14H21N3O2/c1-11(2)10-12(3)13(18)15-8-5-9-19-14-16-6-4-7-17-14/h4,6-7,12H,1,5,8-10H2,2-3H3,(H,15,18). The molecule has 0 fully saturated rings. The van der Waals surface area contributed by atoms with Crippen LogP contribution in [0.1, 0.15) is 26.7 Å². The lowest BCUT2D eigenvalue weighted by molar-refractivity contribution is -0.124. The largest absolute Gasteiger partial charge is 0.463 e. The van der Waals surface area contributed by atoms with Crippen molar-refractivity contribution in [3.05, 3.63) is 30.6 Å². The van der Waals surface area contributed by atoms with Gasteiger partial charge in [0.25, 0.3) is 0 Å². The molecule has 1 amide bonds. The molecule has 1 rings (SSSR count). The highest BCUT2D eigenvalue weighted by Gasteiger charge is 2.11. The fourth-order valence-corrected chi connectivity index (χ4v) is 1.60. The number of ether oxygens (including phenoxy) is 1. The van der Waals surface area contributed by atoms with Gasteiger partial charge < -0.3 is 10.1 Å². The summed E-state index contributed by atoms with van der Waals surface area (Å²) in [6.07, 6.45) is 4.71. The van der Waals surface area contributed by atoms with Gasteiger partial charge in [0, 0.05) is 24.9 Å². The summed E-state index contributed by atoms with van der Waals surface area (Å²) < 4.78 is 5.33. The molecule has 0 saturated heterocycles. The minimum absolute atomic E-state index is 0.0316. The van der Waals surface area contributed by atoms with Crippen molar-refractivity contribution in [1.82, 2.24) is 15.3 Å². The zero-order chi connectivity index (χ0) is 14.1. The van der Waals surface area contributed by atoms with Crippen LogP contribution < -0.4 is 10.1 Å². The molecule has 1 unspecified atom stereocenters. The number of rotatable bonds is 8. The topological polar surface area (TPSA) is 64.1 Å². The van der Waals surface area contributed by atoms with Gasteiger partial charge in [0.1, 0.15) is 0 Å². The van der Waals surface area contributed by atoms with Gasteiger partial charge in [-0.3, -0.25) is 4.79 Å². The zero-order valence-corrected chi connectivity index (χ0v) is 11.6. The molecule has 0 spiro atoms. The molecule has 1 heterocycles. The van der Waals surface area contributed by atoms with Crippen molar-refractivity contribution in [3.8, 4) is 6.01 Å². The Morgan fingerprint density at radius 2 is 2.16 bits per heavy atom. The smallest absolute Gasteiger partial charge is 0.316 e. The number of allylic oxidation sites excluding steroid dienone is 1. The lowest BCUT2D eigenvalue weighted by Crippen LogP contribution is -2.30. The van der Waals surface area contributed by atoms with E-state index in [1.165, 1.54) is 0 Å². The van der Waals surface area contributed by atoms with Crippen LogP contribution in [-0.2, 0) is 4.79 Å². The molecule has 0 saturated carbocycles. The Morgan fingerprint density at radius 3 is 2.79 bits per heavy atom. The number of amides is 1. The first-order valence-electron chi connectivity index (χ1n) is 6.41. The third-order valence-corrected chi connectivity index (χ3v) is 2.50. The number of hydrogen-bond acceptors (Lipinski definition) is 4. The van der Waals surface area contributed by atoms with E-state index in [1.54, 1.807) is 18.5 Å². The van der Waals surface area contributed by atoms with Crippen molar-refractivity contribution in [3.63, 3.8) is 0 Å². The summed E-state index contributed by atoms with van der Waals surface area (Å²) in [5.74, 6) is 0.0230. The van der Waals surface area contributed by atoms with E-state index >= 15 is 0 Å². The predicted molar refractivity (Wildman–Crippen MR) is 73.7 cm³/mol. The first-order valence-corrected chi connectivity index (χ1v) is 6.41. The van der Waals surface area contributed by atoms with E-state index < -0.39 is 0 Å². The summed E-state index contributed by atoms with van der Waals surface area (Å²) in [5.41, 5.74) is 1.02. The summed E-state index contributed by atoms with van der Waals surface area (Å²) in [7, 11) is 0. The second kappa shape index (κ2) is 8.24. The van der Waals surface area contributed by atoms with Crippen LogP contribution in [0.15, 0.2) is 30.6 Å². The molecule has 5 nitrogen and oxygen atoms in total. The monoisotopic (exact) mass is 263 g/mol. The second-order valence-corrected chi connectivity index (χ2v) is 4.59. The highest BCUT2D eigenvalue weighted by atomic mass is 16.5. The van der Waals surface area contributed by atoms with Gasteiger partial charge in [-0.15, -0.1) is 6.58 Å². The highest BCUT2D eigenvalue weighted by molar-refractivity contribution is 5.78. The van der Waals surface area contributed by atoms with Gasteiger partial charge in [0.05, 0.1) is 6.61 Å². The summed E-state index contributed by atoms with van der Waals surface area (Å²) in [4.78, 5) is 19.6. The van der Waals surface area contributed by atoms with Crippen LogP contribution in [0.2, 0.25) is 0 Å². The van der Waals surface area contributed by atoms with Crippen LogP contribution >= 0.6 is 0 Å². The first-order chi connectivity index (χ1) is 9.09. The maximum Gasteiger partial charge on any atom is 0.316 e. The van der Waals surface area contributed by atoms with E-state index in [2.05, 4.69) is 21.9 Å². The third kappa shape index (κ3) is 6.55. The number of nitrogens with one attached hydrogen (secondary N) is 1. The molecular weight excluding hydrogens is 242 g/mol. The predicted octanol–water partition coefficient (Wildman–Crippen LogP) is 1.96. The minimum atomic E-state index is -0.0316. The molecule has 0 bridgehead atoms. The van der Waals surface area contributed by atoms with Gasteiger partial charge in [-0.05, 0) is 25.8 Å². The Kier molecular flexibility index (Phi) is 6.57. The SMILES string of the molecule is C=C(C)CC(C)C(=O)NCCCOc1ncccn1. The van der Waals surface area contributed by atoms with Crippen LogP contribution in [0.25, 0.3) is 0 Å². The molecule has 1 aromatic heterocycles. The molecule has 0 aliphatic rings. The molecule has 104 valence electrons. The van der Waals surface area contributed by atoms with Crippen LogP contribution in [0.5, 0.6) is 6.01 Å². The maximum absolute atomic E-state index is 11.7. The minimum Gasteiger partial charge on any atom is -0.463 e. The number of carbonyl (C=O) groups is 1. The summed E-state index contributed by atoms with van der Waals surface area (Å²) >= 11 is 0. The molecule has 1 atom stereocenters. The Hall–Kier alpha value is -1.91. The molecule has 0 radical (unpaired) electrons. The summed E-state index contributed by atoms with van der Waals surface area (Å²) in [6.45, 7) is 8.71. The van der Waals surface area contributed by atoms with E-state index in [1.807, 2.05) is 13.8 Å². The highest BCUT2D eigenvalue weighted by Crippen LogP contribution is 2.08. The quantitative estimate of drug-likeness (QED) is 0.575. The van der Waals surface area contributed by atoms with Crippen molar-refractivity contribution in [2.75, 3.05) is 13.2 Å². The Morgan fingerprint density at radius 1 is 1.47 bits per heavy atom. The lowest BCUT2D eigenvalue weighted by atomic mass is 10.0. The van der Waals surface area contributed by atoms with Crippen LogP contribution in [0.3, 0.4) is 0 Å². The molecule has 5 heteroatoms. The van der Waals surface area contributed by atoms with E-state index in [9.17, 15) is 4.79 Å². The zero-order valence-electron chi connectivity index (χ0n) is 11.6. The van der Waals surface area contributed by atoms with E-state index in [0.717, 1.165) is 18.4 Å². The van der Waals surface area contributed by atoms with E-state index in [4.69, 9.17) is 4.74 Å². The van der Waals surface area contributed by atoms with Crippen LogP contribution in [0, 0.1) is 5.92 Å². The average Bonchev–Trinajstić information content (AvgIpc) is 2.38. The normalized spacial score (nSPS) is 11.7. The van der Waals surface area contributed by atoms with Crippen molar-refractivity contribution >= 4 is 5.91 Å². The fraction of sp³-hybridized carbons (Fsp3) is 0.500. The van der Waals surface area contributed by atoms with Gasteiger partial charge >= 0.3 is 6.01 Å². The van der Waals surface area contributed by atoms with Crippen molar-refractivity contribution in [2.24, 2.45) is 5.92 Å². The Bertz CT molecular complexity index is 406. The molecule has 0 aliphatic carbocycles. The van der Waals surface area contributed by atoms with Gasteiger partial charge in [0.15, 0.2) is 0 Å². The van der Waals surface area contributed by atoms with Crippen molar-refractivity contribution in [1.29, 1.82) is 0 Å². The van der Waals surface area contributed by atoms with E-state index in [0.29, 0.717) is 19.2 Å². The number of nitrogens with zero attached hydrogens (tertiary/aromatic N) is 2. The van der Waals surface area contributed by atoms with Crippen molar-refractivity contribution < 1.29 is 9.53 Å². The lowest BCUT2D eigenvalue weighted by Gasteiger charge is -2.11. The summed E-state index contributed by atoms with van der Waals surface area (Å²) in [5, 5.41) is 2.87. The second-order valence-electron chi connectivity index (χ2n) is 4.59. The Labute approximate surface area is 114 Å². The molecule has 1 N–H and O–H groups in total. The molecular formula is C14H21N3O2. The molecule has 19 heavy (non-hydrogen) atoms. The van der Waals surface area contributed by atoms with Gasteiger partial charge in [0.2, 0.25) is 5.91 Å². The molecule has 1 aromatic rings. The maximum atomic E-state index is 11.7. The fourth-order valence-electron chi connectivity index (χ4n) is 1.60. The number of carbonyl (C=O) groups excluding carboxylic acids is 1. The third-order valence-electron chi connectivity index (χ3n) is 2.50. The van der Waals surface area contributed by atoms with Gasteiger partial charge in [-0.1, -0.05) is 12.5 Å².